The standard InChI is InChI=1S/C12H11ClN4O2S/c1-2-11-15-7-12(16-11)20(18,19)17-10-5-9(13)4-3-8(10)6-14/h3-5,7,17H,2H2,1H3,(H,15,16). The number of aromatic nitrogens is 2. The van der Waals surface area contributed by atoms with Gasteiger partial charge in [0.25, 0.3) is 10.0 Å². The highest BCUT2D eigenvalue weighted by molar-refractivity contribution is 7.92. The quantitative estimate of drug-likeness (QED) is 0.905. The number of anilines is 1. The minimum Gasteiger partial charge on any atom is -0.332 e. The summed E-state index contributed by atoms with van der Waals surface area (Å²) in [6.45, 7) is 1.85. The summed E-state index contributed by atoms with van der Waals surface area (Å²) in [6, 6.07) is 6.25. The van der Waals surface area contributed by atoms with Gasteiger partial charge in [-0.15, -0.1) is 0 Å². The Morgan fingerprint density at radius 2 is 2.25 bits per heavy atom. The number of nitriles is 1. The summed E-state index contributed by atoms with van der Waals surface area (Å²) in [5.74, 6) is 0.567. The number of hydrogen-bond donors (Lipinski definition) is 2. The second-order valence-corrected chi connectivity index (χ2v) is 6.04. The molecule has 0 bridgehead atoms. The van der Waals surface area contributed by atoms with Crippen LogP contribution in [0.15, 0.2) is 29.4 Å². The number of imidazole rings is 1. The average Bonchev–Trinajstić information content (AvgIpc) is 2.88. The number of rotatable bonds is 4. The van der Waals surface area contributed by atoms with Gasteiger partial charge >= 0.3 is 0 Å². The third-order valence-corrected chi connectivity index (χ3v) is 4.09. The van der Waals surface area contributed by atoms with Crippen LogP contribution in [0.4, 0.5) is 5.69 Å². The molecule has 0 aliphatic carbocycles. The molecular formula is C12H11ClN4O2S. The number of aromatic amines is 1. The van der Waals surface area contributed by atoms with E-state index >= 15 is 0 Å². The summed E-state index contributed by atoms with van der Waals surface area (Å²) < 4.78 is 26.7. The molecular weight excluding hydrogens is 300 g/mol. The third-order valence-electron chi connectivity index (χ3n) is 2.58. The number of nitrogens with zero attached hydrogens (tertiary/aromatic N) is 2. The summed E-state index contributed by atoms with van der Waals surface area (Å²) in [4.78, 5) is 6.63. The maximum Gasteiger partial charge on any atom is 0.279 e. The van der Waals surface area contributed by atoms with Crippen molar-refractivity contribution in [2.45, 2.75) is 18.4 Å². The molecule has 0 spiro atoms. The van der Waals surface area contributed by atoms with Gasteiger partial charge in [-0.1, -0.05) is 18.5 Å². The van der Waals surface area contributed by atoms with Crippen molar-refractivity contribution in [1.82, 2.24) is 9.97 Å². The van der Waals surface area contributed by atoms with Gasteiger partial charge in [-0.2, -0.15) is 13.7 Å². The van der Waals surface area contributed by atoms with Crippen LogP contribution in [0, 0.1) is 11.3 Å². The molecule has 0 aliphatic rings. The fraction of sp³-hybridized carbons (Fsp3) is 0.167. The van der Waals surface area contributed by atoms with Crippen LogP contribution in [-0.4, -0.2) is 18.4 Å². The van der Waals surface area contributed by atoms with Crippen molar-refractivity contribution >= 4 is 27.3 Å². The van der Waals surface area contributed by atoms with Crippen LogP contribution in [0.25, 0.3) is 0 Å². The van der Waals surface area contributed by atoms with Crippen molar-refractivity contribution < 1.29 is 8.42 Å². The molecule has 6 nitrogen and oxygen atoms in total. The van der Waals surface area contributed by atoms with Gasteiger partial charge in [0.2, 0.25) is 0 Å². The molecule has 2 aromatic rings. The lowest BCUT2D eigenvalue weighted by molar-refractivity contribution is 0.598. The lowest BCUT2D eigenvalue weighted by atomic mass is 10.2. The predicted molar refractivity (Wildman–Crippen MR) is 74.9 cm³/mol. The topological polar surface area (TPSA) is 98.6 Å². The van der Waals surface area contributed by atoms with E-state index in [0.29, 0.717) is 17.3 Å². The van der Waals surface area contributed by atoms with E-state index in [0.717, 1.165) is 0 Å². The zero-order valence-electron chi connectivity index (χ0n) is 10.5. The molecule has 104 valence electrons. The fourth-order valence-corrected chi connectivity index (χ4v) is 2.74. The Bertz CT molecular complexity index is 777. The first kappa shape index (κ1) is 14.4. The third kappa shape index (κ3) is 2.92. The normalized spacial score (nSPS) is 11.1. The highest BCUT2D eigenvalue weighted by atomic mass is 35.5. The van der Waals surface area contributed by atoms with Gasteiger partial charge in [0.05, 0.1) is 17.4 Å². The lowest BCUT2D eigenvalue weighted by Crippen LogP contribution is -2.14. The van der Waals surface area contributed by atoms with Crippen molar-refractivity contribution in [3.63, 3.8) is 0 Å². The highest BCUT2D eigenvalue weighted by Gasteiger charge is 2.18. The van der Waals surface area contributed by atoms with E-state index < -0.39 is 10.0 Å². The number of halogens is 1. The Hall–Kier alpha value is -2.04. The van der Waals surface area contributed by atoms with Gasteiger partial charge < -0.3 is 4.98 Å². The van der Waals surface area contributed by atoms with Crippen LogP contribution < -0.4 is 4.72 Å². The first-order valence-electron chi connectivity index (χ1n) is 5.72. The van der Waals surface area contributed by atoms with Crippen LogP contribution in [-0.2, 0) is 16.4 Å². The van der Waals surface area contributed by atoms with E-state index in [1.807, 2.05) is 13.0 Å². The molecule has 0 saturated carbocycles. The summed E-state index contributed by atoms with van der Waals surface area (Å²) in [7, 11) is -3.83. The fourth-order valence-electron chi connectivity index (χ4n) is 1.56. The van der Waals surface area contributed by atoms with Gasteiger partial charge in [-0.05, 0) is 18.2 Å². The van der Waals surface area contributed by atoms with E-state index in [1.165, 1.54) is 24.4 Å². The van der Waals surface area contributed by atoms with Gasteiger partial charge in [-0.3, -0.25) is 4.72 Å². The van der Waals surface area contributed by atoms with Crippen LogP contribution >= 0.6 is 11.6 Å². The average molecular weight is 311 g/mol. The first-order chi connectivity index (χ1) is 9.46. The molecule has 1 heterocycles. The second-order valence-electron chi connectivity index (χ2n) is 3.95. The predicted octanol–water partition coefficient (Wildman–Crippen LogP) is 2.30. The van der Waals surface area contributed by atoms with Crippen molar-refractivity contribution in [3.05, 3.63) is 40.8 Å². The molecule has 8 heteroatoms. The molecule has 0 atom stereocenters. The van der Waals surface area contributed by atoms with E-state index in [2.05, 4.69) is 14.7 Å². The largest absolute Gasteiger partial charge is 0.332 e. The van der Waals surface area contributed by atoms with Gasteiger partial charge in [-0.25, -0.2) is 4.98 Å². The summed E-state index contributed by atoms with van der Waals surface area (Å²) in [5, 5.41) is 9.25. The smallest absolute Gasteiger partial charge is 0.279 e. The highest BCUT2D eigenvalue weighted by Crippen LogP contribution is 2.23. The van der Waals surface area contributed by atoms with Gasteiger partial charge in [0, 0.05) is 11.4 Å². The minimum atomic E-state index is -3.83. The van der Waals surface area contributed by atoms with Crippen molar-refractivity contribution in [3.8, 4) is 6.07 Å². The summed E-state index contributed by atoms with van der Waals surface area (Å²) >= 11 is 5.81. The van der Waals surface area contributed by atoms with Crippen LogP contribution in [0.3, 0.4) is 0 Å². The lowest BCUT2D eigenvalue weighted by Gasteiger charge is -2.08. The molecule has 0 unspecified atom stereocenters. The molecule has 2 rings (SSSR count). The number of hydrogen-bond acceptors (Lipinski definition) is 4. The monoisotopic (exact) mass is 310 g/mol. The van der Waals surface area contributed by atoms with Crippen molar-refractivity contribution in [2.75, 3.05) is 4.72 Å². The maximum absolute atomic E-state index is 12.2. The Morgan fingerprint density at radius 1 is 1.50 bits per heavy atom. The number of H-pyrrole nitrogens is 1. The van der Waals surface area contributed by atoms with E-state index in [-0.39, 0.29) is 16.3 Å². The molecule has 2 N–H and O–H groups in total. The first-order valence-corrected chi connectivity index (χ1v) is 7.58. The zero-order valence-corrected chi connectivity index (χ0v) is 12.1. The van der Waals surface area contributed by atoms with E-state index in [9.17, 15) is 8.42 Å². The molecule has 0 amide bonds. The Kier molecular flexibility index (Phi) is 3.97. The Labute approximate surface area is 121 Å². The van der Waals surface area contributed by atoms with Gasteiger partial charge in [0.1, 0.15) is 11.9 Å². The Morgan fingerprint density at radius 3 is 2.85 bits per heavy atom. The van der Waals surface area contributed by atoms with Crippen molar-refractivity contribution in [2.24, 2.45) is 0 Å². The second kappa shape index (κ2) is 5.53. The molecule has 1 aromatic heterocycles. The van der Waals surface area contributed by atoms with Crippen molar-refractivity contribution in [1.29, 1.82) is 5.26 Å². The zero-order chi connectivity index (χ0) is 14.8. The number of nitrogens with one attached hydrogen (secondary N) is 2. The number of sulfonamides is 1. The van der Waals surface area contributed by atoms with E-state index in [4.69, 9.17) is 16.9 Å². The molecule has 0 aliphatic heterocycles. The summed E-state index contributed by atoms with van der Waals surface area (Å²) in [5.41, 5.74) is 0.320. The molecule has 1 aromatic carbocycles. The van der Waals surface area contributed by atoms with E-state index in [1.54, 1.807) is 0 Å². The molecule has 0 fully saturated rings. The number of aryl methyl sites for hydroxylation is 1. The number of benzene rings is 1. The molecule has 0 radical (unpaired) electrons. The minimum absolute atomic E-state index is 0.0572. The summed E-state index contributed by atoms with van der Waals surface area (Å²) in [6.07, 6.45) is 1.83. The maximum atomic E-state index is 12.2. The molecule has 0 saturated heterocycles. The molecule has 20 heavy (non-hydrogen) atoms. The van der Waals surface area contributed by atoms with Crippen LogP contribution in [0.1, 0.15) is 18.3 Å². The SMILES string of the molecule is CCc1ncc(S(=O)(=O)Nc2cc(Cl)ccc2C#N)[nH]1. The van der Waals surface area contributed by atoms with Crippen LogP contribution in [0.5, 0.6) is 0 Å². The van der Waals surface area contributed by atoms with Crippen LogP contribution in [0.2, 0.25) is 5.02 Å². The van der Waals surface area contributed by atoms with Gasteiger partial charge in [0.15, 0.2) is 5.03 Å². The Balaban J connectivity index is 2.38.